The average Bonchev–Trinajstić information content (AvgIpc) is 2.69. The number of carbonyl (C=O) groups excluding carboxylic acids is 1. The molecule has 1 amide bonds. The molecule has 0 spiro atoms. The van der Waals surface area contributed by atoms with Crippen LogP contribution in [-0.4, -0.2) is 44.2 Å². The second-order valence-electron chi connectivity index (χ2n) is 8.43. The van der Waals surface area contributed by atoms with E-state index in [-0.39, 0.29) is 21.2 Å². The molecular weight excluding hydrogens is 612 g/mol. The minimum atomic E-state index is -5.17. The van der Waals surface area contributed by atoms with Gasteiger partial charge in [-0.05, 0) is 48.4 Å². The van der Waals surface area contributed by atoms with Gasteiger partial charge in [0.2, 0.25) is 0 Å². The Morgan fingerprint density at radius 2 is 1.51 bits per heavy atom. The summed E-state index contributed by atoms with van der Waals surface area (Å²) in [5, 5.41) is 1.69. The number of benzene rings is 2. The number of hydrogen-bond acceptors (Lipinski definition) is 3. The maximum absolute atomic E-state index is 13.7. The molecule has 39 heavy (non-hydrogen) atoms. The first-order valence-electron chi connectivity index (χ1n) is 10.6. The Morgan fingerprint density at radius 3 is 2.00 bits per heavy atom. The van der Waals surface area contributed by atoms with Crippen LogP contribution < -0.4 is 5.32 Å². The molecule has 216 valence electrons. The Hall–Kier alpha value is -2.45. The van der Waals surface area contributed by atoms with Gasteiger partial charge in [-0.25, -0.2) is 8.42 Å². The summed E-state index contributed by atoms with van der Waals surface area (Å²) in [5.74, 6) is -7.14. The topological polar surface area (TPSA) is 63.2 Å². The monoisotopic (exact) mass is 629 g/mol. The van der Waals surface area contributed by atoms with Crippen molar-refractivity contribution in [2.75, 3.05) is 11.5 Å². The number of hydrogen-bond donors (Lipinski definition) is 1. The molecule has 2 atom stereocenters. The quantitative estimate of drug-likeness (QED) is 0.308. The van der Waals surface area contributed by atoms with Crippen LogP contribution in [0.4, 0.5) is 39.5 Å². The molecule has 0 heterocycles. The molecule has 1 N–H and O–H groups in total. The molecule has 0 aromatic heterocycles. The van der Waals surface area contributed by atoms with Gasteiger partial charge in [0.05, 0.1) is 22.8 Å². The Labute approximate surface area is 226 Å². The van der Waals surface area contributed by atoms with Gasteiger partial charge in [-0.2, -0.15) is 39.5 Å². The molecule has 0 bridgehead atoms. The molecule has 0 aliphatic rings. The van der Waals surface area contributed by atoms with E-state index in [0.29, 0.717) is 18.2 Å². The zero-order chi connectivity index (χ0) is 30.0. The molecule has 0 saturated heterocycles. The molecular formula is C23H18Cl2F9NO3S. The minimum Gasteiger partial charge on any atom is -0.349 e. The highest BCUT2D eigenvalue weighted by Gasteiger charge is 2.40. The van der Waals surface area contributed by atoms with Crippen molar-refractivity contribution >= 4 is 45.0 Å². The van der Waals surface area contributed by atoms with Crippen molar-refractivity contribution in [1.29, 1.82) is 0 Å². The van der Waals surface area contributed by atoms with Crippen molar-refractivity contribution in [2.24, 2.45) is 0 Å². The zero-order valence-electron chi connectivity index (χ0n) is 19.5. The number of halogens is 11. The second-order valence-corrected chi connectivity index (χ2v) is 11.4. The van der Waals surface area contributed by atoms with Crippen LogP contribution in [0.2, 0.25) is 10.0 Å². The first kappa shape index (κ1) is 32.8. The number of alkyl halides is 9. The molecule has 16 heteroatoms. The van der Waals surface area contributed by atoms with Crippen LogP contribution in [0.25, 0.3) is 6.08 Å². The largest absolute Gasteiger partial charge is 0.417 e. The lowest BCUT2D eigenvalue weighted by atomic mass is 9.96. The average molecular weight is 630 g/mol. The summed E-state index contributed by atoms with van der Waals surface area (Å²) in [6, 6.07) is 3.62. The van der Waals surface area contributed by atoms with Gasteiger partial charge in [0, 0.05) is 16.1 Å². The molecule has 0 saturated carbocycles. The molecule has 2 aromatic carbocycles. The van der Waals surface area contributed by atoms with Crippen molar-refractivity contribution in [3.05, 3.63) is 74.8 Å². The third kappa shape index (κ3) is 10.2. The third-order valence-electron chi connectivity index (χ3n) is 4.94. The van der Waals surface area contributed by atoms with Gasteiger partial charge in [-0.3, -0.25) is 4.79 Å². The van der Waals surface area contributed by atoms with E-state index in [2.05, 4.69) is 0 Å². The Kier molecular flexibility index (Phi) is 10.1. The summed E-state index contributed by atoms with van der Waals surface area (Å²) in [6.07, 6.45) is -13.8. The summed E-state index contributed by atoms with van der Waals surface area (Å²) in [5.41, 5.74) is -3.34. The van der Waals surface area contributed by atoms with Gasteiger partial charge in [-0.1, -0.05) is 41.4 Å². The van der Waals surface area contributed by atoms with Gasteiger partial charge in [0.1, 0.15) is 5.75 Å². The fourth-order valence-corrected chi connectivity index (χ4v) is 5.51. The van der Waals surface area contributed by atoms with Gasteiger partial charge in [0.25, 0.3) is 5.91 Å². The van der Waals surface area contributed by atoms with Gasteiger partial charge in [0.15, 0.2) is 9.84 Å². The van der Waals surface area contributed by atoms with E-state index in [4.69, 9.17) is 23.2 Å². The van der Waals surface area contributed by atoms with Crippen LogP contribution in [0.3, 0.4) is 0 Å². The standard InChI is InChI=1S/C23H18Cl2F9NO3S/c1-12(10-39(37,38)11-21(26,27)28)35-20(36)17-4-2-13(6-19(17)23(32,33)34)3-5-18(22(29,30)31)14-7-15(24)9-16(25)8-14/h2-9,12,18H,10-11H2,1H3,(H,35,36)/b5-3+/t12-,18?/m1/s1. The molecule has 0 aliphatic carbocycles. The number of allylic oxidation sites excluding steroid dienone is 1. The fraction of sp³-hybridized carbons (Fsp3) is 0.348. The maximum Gasteiger partial charge on any atom is 0.417 e. The third-order valence-corrected chi connectivity index (χ3v) is 7.15. The lowest BCUT2D eigenvalue weighted by Crippen LogP contribution is -2.40. The van der Waals surface area contributed by atoms with E-state index in [9.17, 15) is 52.7 Å². The van der Waals surface area contributed by atoms with E-state index in [0.717, 1.165) is 31.2 Å². The maximum atomic E-state index is 13.7. The highest BCUT2D eigenvalue weighted by Crippen LogP contribution is 2.39. The first-order valence-corrected chi connectivity index (χ1v) is 13.2. The zero-order valence-corrected chi connectivity index (χ0v) is 21.8. The smallest absolute Gasteiger partial charge is 0.349 e. The summed E-state index contributed by atoms with van der Waals surface area (Å²) >= 11 is 11.5. The predicted molar refractivity (Wildman–Crippen MR) is 127 cm³/mol. The fourth-order valence-electron chi connectivity index (χ4n) is 3.50. The summed E-state index contributed by atoms with van der Waals surface area (Å²) in [7, 11) is -4.75. The number of rotatable bonds is 8. The van der Waals surface area contributed by atoms with Crippen molar-refractivity contribution < 1.29 is 52.7 Å². The second kappa shape index (κ2) is 12.0. The van der Waals surface area contributed by atoms with Crippen molar-refractivity contribution in [1.82, 2.24) is 5.32 Å². The van der Waals surface area contributed by atoms with E-state index < -0.39 is 68.9 Å². The molecule has 0 fully saturated rings. The number of carbonyl (C=O) groups is 1. The Bertz CT molecular complexity index is 1320. The lowest BCUT2D eigenvalue weighted by Gasteiger charge is -2.19. The van der Waals surface area contributed by atoms with Gasteiger partial charge in [-0.15, -0.1) is 0 Å². The van der Waals surface area contributed by atoms with Crippen LogP contribution in [-0.2, 0) is 16.0 Å². The molecule has 2 rings (SSSR count). The van der Waals surface area contributed by atoms with Crippen molar-refractivity contribution in [3.8, 4) is 0 Å². The SMILES string of the molecule is C[C@H](CS(=O)(=O)CC(F)(F)F)NC(=O)c1ccc(/C=C/C(c2cc(Cl)cc(Cl)c2)C(F)(F)F)cc1C(F)(F)F. The molecule has 4 nitrogen and oxygen atoms in total. The van der Waals surface area contributed by atoms with Gasteiger partial charge < -0.3 is 5.32 Å². The molecule has 2 aromatic rings. The van der Waals surface area contributed by atoms with E-state index in [1.807, 2.05) is 5.32 Å². The molecule has 0 aliphatic heterocycles. The predicted octanol–water partition coefficient (Wildman–Crippen LogP) is 7.47. The summed E-state index contributed by atoms with van der Waals surface area (Å²) < 4.78 is 142. The van der Waals surface area contributed by atoms with Crippen LogP contribution in [0.5, 0.6) is 0 Å². The Balaban J connectivity index is 2.36. The lowest BCUT2D eigenvalue weighted by molar-refractivity contribution is -0.139. The summed E-state index contributed by atoms with van der Waals surface area (Å²) in [6.45, 7) is 0.982. The highest BCUT2D eigenvalue weighted by atomic mass is 35.5. The van der Waals surface area contributed by atoms with E-state index in [1.165, 1.54) is 6.07 Å². The number of sulfone groups is 1. The van der Waals surface area contributed by atoms with Crippen LogP contribution in [0.15, 0.2) is 42.5 Å². The molecule has 0 radical (unpaired) electrons. The molecule has 1 unspecified atom stereocenters. The number of nitrogens with one attached hydrogen (secondary N) is 1. The Morgan fingerprint density at radius 1 is 0.949 bits per heavy atom. The normalized spacial score (nSPS) is 14.9. The van der Waals surface area contributed by atoms with Gasteiger partial charge >= 0.3 is 18.5 Å². The first-order chi connectivity index (χ1) is 17.6. The van der Waals surface area contributed by atoms with Crippen LogP contribution in [0, 0.1) is 0 Å². The van der Waals surface area contributed by atoms with E-state index in [1.54, 1.807) is 0 Å². The highest BCUT2D eigenvalue weighted by molar-refractivity contribution is 7.91. The van der Waals surface area contributed by atoms with Crippen molar-refractivity contribution in [2.45, 2.75) is 37.4 Å². The van der Waals surface area contributed by atoms with Crippen LogP contribution in [0.1, 0.15) is 39.9 Å². The minimum absolute atomic E-state index is 0.102. The summed E-state index contributed by atoms with van der Waals surface area (Å²) in [4.78, 5) is 12.4. The van der Waals surface area contributed by atoms with Crippen molar-refractivity contribution in [3.63, 3.8) is 0 Å². The van der Waals surface area contributed by atoms with Crippen LogP contribution >= 0.6 is 23.2 Å². The number of amides is 1. The van der Waals surface area contributed by atoms with E-state index >= 15 is 0 Å².